The van der Waals surface area contributed by atoms with E-state index in [4.69, 9.17) is 9.47 Å². The lowest BCUT2D eigenvalue weighted by Crippen LogP contribution is -2.39. The van der Waals surface area contributed by atoms with Crippen LogP contribution in [0.4, 0.5) is 0 Å². The molecule has 1 atom stereocenters. The molecule has 0 saturated carbocycles. The normalized spacial score (nSPS) is 17.4. The largest absolute Gasteiger partial charge is 0.508 e. The van der Waals surface area contributed by atoms with Gasteiger partial charge in [-0.3, -0.25) is 9.36 Å². The second-order valence-corrected chi connectivity index (χ2v) is 8.64. The molecule has 2 aromatic carbocycles. The number of carbonyl (C=O) groups excluding carboxylic acids is 1. The van der Waals surface area contributed by atoms with Crippen LogP contribution in [0.3, 0.4) is 0 Å². The molecule has 32 heavy (non-hydrogen) atoms. The van der Waals surface area contributed by atoms with Crippen molar-refractivity contribution in [2.75, 3.05) is 13.7 Å². The number of benzene rings is 2. The fourth-order valence-corrected chi connectivity index (χ4v) is 5.13. The van der Waals surface area contributed by atoms with Gasteiger partial charge in [0, 0.05) is 6.42 Å². The summed E-state index contributed by atoms with van der Waals surface area (Å²) in [4.78, 5) is 31.3. The maximum absolute atomic E-state index is 13.5. The number of rotatable bonds is 3. The molecule has 2 aliphatic rings. The molecule has 3 heterocycles. The first-order valence-electron chi connectivity index (χ1n) is 10.1. The van der Waals surface area contributed by atoms with Crippen molar-refractivity contribution in [3.8, 4) is 11.5 Å². The van der Waals surface area contributed by atoms with Crippen LogP contribution in [-0.4, -0.2) is 29.4 Å². The zero-order chi connectivity index (χ0) is 22.4. The molecule has 8 heteroatoms. The van der Waals surface area contributed by atoms with Crippen molar-refractivity contribution >= 4 is 23.4 Å². The molecule has 162 valence electrons. The van der Waals surface area contributed by atoms with E-state index in [1.165, 1.54) is 18.4 Å². The lowest BCUT2D eigenvalue weighted by atomic mass is 9.94. The molecule has 0 saturated heterocycles. The van der Waals surface area contributed by atoms with Crippen LogP contribution in [0.15, 0.2) is 63.5 Å². The number of allylic oxidation sites excluding steroid dienone is 1. The molecule has 5 rings (SSSR count). The monoisotopic (exact) mass is 448 g/mol. The summed E-state index contributed by atoms with van der Waals surface area (Å²) in [6, 6.07) is 11.7. The highest BCUT2D eigenvalue weighted by molar-refractivity contribution is 7.07. The number of aromatic nitrogens is 1. The SMILES string of the molecule is COC(=O)C1=C(C)N=c2s/c(=C\c3ccc(O)cc3)c(=O)n2C1c1ccc2c(c1)OCC2. The highest BCUT2D eigenvalue weighted by Gasteiger charge is 2.33. The number of hydrogen-bond acceptors (Lipinski definition) is 7. The molecule has 0 spiro atoms. The number of nitrogens with zero attached hydrogens (tertiary/aromatic N) is 2. The van der Waals surface area contributed by atoms with Crippen molar-refractivity contribution in [2.24, 2.45) is 4.99 Å². The van der Waals surface area contributed by atoms with Gasteiger partial charge in [0.2, 0.25) is 0 Å². The molecule has 1 aromatic heterocycles. The van der Waals surface area contributed by atoms with Crippen molar-refractivity contribution in [2.45, 2.75) is 19.4 Å². The van der Waals surface area contributed by atoms with Gasteiger partial charge in [0.05, 0.1) is 35.6 Å². The number of esters is 1. The van der Waals surface area contributed by atoms with Crippen molar-refractivity contribution < 1.29 is 19.4 Å². The van der Waals surface area contributed by atoms with Crippen molar-refractivity contribution in [3.63, 3.8) is 0 Å². The van der Waals surface area contributed by atoms with Crippen LogP contribution in [0.25, 0.3) is 6.08 Å². The topological polar surface area (TPSA) is 90.1 Å². The number of aromatic hydroxyl groups is 1. The Bertz CT molecular complexity index is 1450. The standard InChI is InChI=1S/C24H20N2O5S/c1-13-20(23(29)30-2)21(16-6-5-15-9-10-31-18(15)12-16)26-22(28)19(32-24(26)25-13)11-14-3-7-17(27)8-4-14/h3-8,11-12,21,27H,9-10H2,1-2H3/b19-11-. The maximum Gasteiger partial charge on any atom is 0.338 e. The summed E-state index contributed by atoms with van der Waals surface area (Å²) in [5.41, 5.74) is 3.24. The lowest BCUT2D eigenvalue weighted by molar-refractivity contribution is -0.136. The van der Waals surface area contributed by atoms with Gasteiger partial charge in [0.25, 0.3) is 5.56 Å². The Balaban J connectivity index is 1.73. The number of phenols is 1. The minimum atomic E-state index is -0.671. The van der Waals surface area contributed by atoms with E-state index in [2.05, 4.69) is 4.99 Å². The zero-order valence-corrected chi connectivity index (χ0v) is 18.3. The predicted molar refractivity (Wildman–Crippen MR) is 120 cm³/mol. The smallest absolute Gasteiger partial charge is 0.338 e. The van der Waals surface area contributed by atoms with Gasteiger partial charge < -0.3 is 14.6 Å². The van der Waals surface area contributed by atoms with Gasteiger partial charge in [-0.15, -0.1) is 0 Å². The van der Waals surface area contributed by atoms with Crippen LogP contribution in [0, 0.1) is 0 Å². The summed E-state index contributed by atoms with van der Waals surface area (Å²) < 4.78 is 12.8. The Hall–Kier alpha value is -3.65. The zero-order valence-electron chi connectivity index (χ0n) is 17.5. The number of thiazole rings is 1. The molecule has 0 amide bonds. The number of hydrogen-bond donors (Lipinski definition) is 1. The molecular weight excluding hydrogens is 428 g/mol. The number of fused-ring (bicyclic) bond motifs is 2. The van der Waals surface area contributed by atoms with E-state index >= 15 is 0 Å². The number of methoxy groups -OCH3 is 1. The van der Waals surface area contributed by atoms with Crippen molar-refractivity contribution in [1.82, 2.24) is 4.57 Å². The molecule has 7 nitrogen and oxygen atoms in total. The number of phenolic OH excluding ortho intramolecular Hbond substituents is 1. The second kappa shape index (κ2) is 7.80. The molecule has 0 radical (unpaired) electrons. The van der Waals surface area contributed by atoms with E-state index in [0.29, 0.717) is 27.2 Å². The number of ether oxygens (including phenoxy) is 2. The third kappa shape index (κ3) is 3.33. The molecule has 0 fully saturated rings. The first kappa shape index (κ1) is 20.3. The van der Waals surface area contributed by atoms with E-state index in [1.54, 1.807) is 41.8 Å². The van der Waals surface area contributed by atoms with Crippen LogP contribution in [0.1, 0.15) is 29.7 Å². The number of carbonyl (C=O) groups is 1. The van der Waals surface area contributed by atoms with Gasteiger partial charge in [0.15, 0.2) is 4.80 Å². The van der Waals surface area contributed by atoms with E-state index in [-0.39, 0.29) is 11.3 Å². The highest BCUT2D eigenvalue weighted by atomic mass is 32.1. The summed E-state index contributed by atoms with van der Waals surface area (Å²) in [5.74, 6) is 0.402. The van der Waals surface area contributed by atoms with Gasteiger partial charge in [-0.2, -0.15) is 0 Å². The fraction of sp³-hybridized carbons (Fsp3) is 0.208. The fourth-order valence-electron chi connectivity index (χ4n) is 4.08. The minimum absolute atomic E-state index is 0.154. The quantitative estimate of drug-likeness (QED) is 0.620. The van der Waals surface area contributed by atoms with Gasteiger partial charge in [-0.05, 0) is 47.9 Å². The van der Waals surface area contributed by atoms with Crippen LogP contribution < -0.4 is 19.6 Å². The molecule has 0 bridgehead atoms. The summed E-state index contributed by atoms with van der Waals surface area (Å²) in [5, 5.41) is 9.52. The summed E-state index contributed by atoms with van der Waals surface area (Å²) in [6.07, 6.45) is 2.59. The molecular formula is C24H20N2O5S. The van der Waals surface area contributed by atoms with Crippen LogP contribution in [0.2, 0.25) is 0 Å². The van der Waals surface area contributed by atoms with E-state index < -0.39 is 12.0 Å². The van der Waals surface area contributed by atoms with Gasteiger partial charge >= 0.3 is 5.97 Å². The van der Waals surface area contributed by atoms with E-state index in [9.17, 15) is 14.7 Å². The third-order valence-corrected chi connectivity index (χ3v) is 6.64. The summed E-state index contributed by atoms with van der Waals surface area (Å²) >= 11 is 1.26. The Labute approximate surface area is 187 Å². The van der Waals surface area contributed by atoms with Crippen LogP contribution >= 0.6 is 11.3 Å². The second-order valence-electron chi connectivity index (χ2n) is 7.63. The average molecular weight is 449 g/mol. The molecule has 2 aliphatic heterocycles. The van der Waals surface area contributed by atoms with Crippen LogP contribution in [0.5, 0.6) is 11.5 Å². The summed E-state index contributed by atoms with van der Waals surface area (Å²) in [7, 11) is 1.32. The van der Waals surface area contributed by atoms with Gasteiger partial charge in [0.1, 0.15) is 11.5 Å². The predicted octanol–water partition coefficient (Wildman–Crippen LogP) is 2.05. The highest BCUT2D eigenvalue weighted by Crippen LogP contribution is 2.35. The van der Waals surface area contributed by atoms with E-state index in [0.717, 1.165) is 28.9 Å². The first-order valence-corrected chi connectivity index (χ1v) is 10.9. The van der Waals surface area contributed by atoms with Crippen molar-refractivity contribution in [3.05, 3.63) is 90.1 Å². The van der Waals surface area contributed by atoms with Crippen LogP contribution in [-0.2, 0) is 16.0 Å². The Morgan fingerprint density at radius 2 is 2.06 bits per heavy atom. The van der Waals surface area contributed by atoms with E-state index in [1.807, 2.05) is 18.2 Å². The Kier molecular flexibility index (Phi) is 4.94. The molecule has 1 N–H and O–H groups in total. The minimum Gasteiger partial charge on any atom is -0.508 e. The molecule has 3 aromatic rings. The Morgan fingerprint density at radius 3 is 2.81 bits per heavy atom. The maximum atomic E-state index is 13.5. The molecule has 0 aliphatic carbocycles. The summed E-state index contributed by atoms with van der Waals surface area (Å²) in [6.45, 7) is 2.37. The van der Waals surface area contributed by atoms with Gasteiger partial charge in [-0.25, -0.2) is 9.79 Å². The molecule has 1 unspecified atom stereocenters. The Morgan fingerprint density at radius 1 is 1.28 bits per heavy atom. The first-order chi connectivity index (χ1) is 15.5. The lowest BCUT2D eigenvalue weighted by Gasteiger charge is -2.24. The third-order valence-electron chi connectivity index (χ3n) is 5.65. The van der Waals surface area contributed by atoms with Gasteiger partial charge in [-0.1, -0.05) is 35.6 Å². The van der Waals surface area contributed by atoms with Crippen molar-refractivity contribution in [1.29, 1.82) is 0 Å². The average Bonchev–Trinajstić information content (AvgIpc) is 3.37.